The molecule has 0 aromatic heterocycles. The van der Waals surface area contributed by atoms with E-state index in [1.165, 1.54) is 0 Å². The minimum absolute atomic E-state index is 0.112. The van der Waals surface area contributed by atoms with Gasteiger partial charge in [-0.15, -0.1) is 0 Å². The lowest BCUT2D eigenvalue weighted by atomic mass is 10.1. The van der Waals surface area contributed by atoms with Gasteiger partial charge in [0.2, 0.25) is 0 Å². The summed E-state index contributed by atoms with van der Waals surface area (Å²) in [6.07, 6.45) is 0.205. The Morgan fingerprint density at radius 3 is 2.60 bits per heavy atom. The third kappa shape index (κ3) is 4.85. The standard InChI is InChI=1S/C16H26N2O2/c1-11-7-6-8-13(9-10-17)14(11)20-12(2)15(19)18-16(3,4)5/h6-8,12H,9-10,17H2,1-5H3,(H,18,19). The Hall–Kier alpha value is -1.55. The summed E-state index contributed by atoms with van der Waals surface area (Å²) < 4.78 is 5.87. The number of ether oxygens (including phenoxy) is 1. The van der Waals surface area contributed by atoms with E-state index in [0.29, 0.717) is 6.54 Å². The molecule has 0 saturated heterocycles. The summed E-state index contributed by atoms with van der Waals surface area (Å²) in [4.78, 5) is 12.1. The molecular formula is C16H26N2O2. The minimum atomic E-state index is -0.535. The summed E-state index contributed by atoms with van der Waals surface area (Å²) in [6.45, 7) is 10.1. The molecule has 0 bridgehead atoms. The fourth-order valence-corrected chi connectivity index (χ4v) is 1.94. The van der Waals surface area contributed by atoms with Crippen LogP contribution in [0.3, 0.4) is 0 Å². The Labute approximate surface area is 121 Å². The molecule has 0 fully saturated rings. The van der Waals surface area contributed by atoms with E-state index < -0.39 is 6.10 Å². The Morgan fingerprint density at radius 2 is 2.05 bits per heavy atom. The third-order valence-electron chi connectivity index (χ3n) is 2.87. The van der Waals surface area contributed by atoms with Crippen LogP contribution < -0.4 is 15.8 Å². The molecule has 1 unspecified atom stereocenters. The van der Waals surface area contributed by atoms with Crippen LogP contribution in [0.25, 0.3) is 0 Å². The number of hydrogen-bond donors (Lipinski definition) is 2. The number of aryl methyl sites for hydroxylation is 1. The van der Waals surface area contributed by atoms with Gasteiger partial charge >= 0.3 is 0 Å². The smallest absolute Gasteiger partial charge is 0.261 e. The molecule has 112 valence electrons. The lowest BCUT2D eigenvalue weighted by molar-refractivity contribution is -0.128. The molecule has 1 rings (SSSR count). The number of rotatable bonds is 5. The zero-order chi connectivity index (χ0) is 15.3. The number of nitrogens with one attached hydrogen (secondary N) is 1. The van der Waals surface area contributed by atoms with Gasteiger partial charge in [0.1, 0.15) is 5.75 Å². The van der Waals surface area contributed by atoms with E-state index in [1.54, 1.807) is 6.92 Å². The Kier molecular flexibility index (Phi) is 5.57. The van der Waals surface area contributed by atoms with E-state index in [1.807, 2.05) is 45.9 Å². The molecule has 1 amide bonds. The number of amides is 1. The van der Waals surface area contributed by atoms with Crippen LogP contribution in [0, 0.1) is 6.92 Å². The maximum absolute atomic E-state index is 12.1. The van der Waals surface area contributed by atoms with Gasteiger partial charge in [-0.2, -0.15) is 0 Å². The topological polar surface area (TPSA) is 64.3 Å². The summed E-state index contributed by atoms with van der Waals surface area (Å²) in [5.41, 5.74) is 7.42. The van der Waals surface area contributed by atoms with Crippen LogP contribution in [0.5, 0.6) is 5.75 Å². The quantitative estimate of drug-likeness (QED) is 0.867. The van der Waals surface area contributed by atoms with Crippen LogP contribution in [-0.4, -0.2) is 24.1 Å². The highest BCUT2D eigenvalue weighted by Gasteiger charge is 2.21. The molecule has 1 aromatic carbocycles. The van der Waals surface area contributed by atoms with E-state index in [2.05, 4.69) is 5.32 Å². The normalized spacial score (nSPS) is 12.9. The molecular weight excluding hydrogens is 252 g/mol. The van der Waals surface area contributed by atoms with Crippen molar-refractivity contribution in [1.82, 2.24) is 5.32 Å². The van der Waals surface area contributed by atoms with Gasteiger partial charge in [-0.3, -0.25) is 4.79 Å². The molecule has 0 heterocycles. The van der Waals surface area contributed by atoms with Crippen molar-refractivity contribution < 1.29 is 9.53 Å². The van der Waals surface area contributed by atoms with Crippen LogP contribution in [-0.2, 0) is 11.2 Å². The Morgan fingerprint density at radius 1 is 1.40 bits per heavy atom. The second-order valence-corrected chi connectivity index (χ2v) is 6.10. The molecule has 0 aliphatic heterocycles. The summed E-state index contributed by atoms with van der Waals surface area (Å²) in [5, 5.41) is 2.92. The second kappa shape index (κ2) is 6.75. The van der Waals surface area contributed by atoms with Crippen molar-refractivity contribution in [3.05, 3.63) is 29.3 Å². The summed E-state index contributed by atoms with van der Waals surface area (Å²) in [6, 6.07) is 5.94. The lowest BCUT2D eigenvalue weighted by Crippen LogP contribution is -2.46. The van der Waals surface area contributed by atoms with Gasteiger partial charge in [-0.25, -0.2) is 0 Å². The maximum atomic E-state index is 12.1. The Bertz CT molecular complexity index is 464. The zero-order valence-corrected chi connectivity index (χ0v) is 13.1. The van der Waals surface area contributed by atoms with Crippen molar-refractivity contribution in [2.24, 2.45) is 5.73 Å². The number of nitrogens with two attached hydrogens (primary N) is 1. The third-order valence-corrected chi connectivity index (χ3v) is 2.87. The fourth-order valence-electron chi connectivity index (χ4n) is 1.94. The summed E-state index contributed by atoms with van der Waals surface area (Å²) >= 11 is 0. The molecule has 0 saturated carbocycles. The van der Waals surface area contributed by atoms with Gasteiger partial charge in [0.25, 0.3) is 5.91 Å². The van der Waals surface area contributed by atoms with Crippen LogP contribution in [0.15, 0.2) is 18.2 Å². The van der Waals surface area contributed by atoms with Crippen molar-refractivity contribution in [1.29, 1.82) is 0 Å². The van der Waals surface area contributed by atoms with Crippen molar-refractivity contribution in [3.63, 3.8) is 0 Å². The molecule has 1 aromatic rings. The highest BCUT2D eigenvalue weighted by Crippen LogP contribution is 2.25. The zero-order valence-electron chi connectivity index (χ0n) is 13.1. The summed E-state index contributed by atoms with van der Waals surface area (Å²) in [5.74, 6) is 0.661. The van der Waals surface area contributed by atoms with Crippen LogP contribution >= 0.6 is 0 Å². The fraction of sp³-hybridized carbons (Fsp3) is 0.562. The molecule has 4 heteroatoms. The van der Waals surface area contributed by atoms with E-state index in [9.17, 15) is 4.79 Å². The van der Waals surface area contributed by atoms with Crippen LogP contribution in [0.1, 0.15) is 38.8 Å². The monoisotopic (exact) mass is 278 g/mol. The van der Waals surface area contributed by atoms with Gasteiger partial charge in [0.05, 0.1) is 0 Å². The molecule has 0 aliphatic rings. The number of hydrogen-bond acceptors (Lipinski definition) is 3. The molecule has 3 N–H and O–H groups in total. The number of carbonyl (C=O) groups is 1. The first kappa shape index (κ1) is 16.5. The van der Waals surface area contributed by atoms with Crippen molar-refractivity contribution in [3.8, 4) is 5.75 Å². The van der Waals surface area contributed by atoms with E-state index in [0.717, 1.165) is 23.3 Å². The maximum Gasteiger partial charge on any atom is 0.261 e. The predicted molar refractivity (Wildman–Crippen MR) is 81.9 cm³/mol. The number of para-hydroxylation sites is 1. The van der Waals surface area contributed by atoms with E-state index in [4.69, 9.17) is 10.5 Å². The SMILES string of the molecule is Cc1cccc(CCN)c1OC(C)C(=O)NC(C)(C)C. The van der Waals surface area contributed by atoms with E-state index >= 15 is 0 Å². The molecule has 0 spiro atoms. The number of benzene rings is 1. The summed E-state index contributed by atoms with van der Waals surface area (Å²) in [7, 11) is 0. The first-order valence-corrected chi connectivity index (χ1v) is 7.02. The minimum Gasteiger partial charge on any atom is -0.480 e. The number of carbonyl (C=O) groups excluding carboxylic acids is 1. The van der Waals surface area contributed by atoms with Crippen molar-refractivity contribution in [2.45, 2.75) is 52.7 Å². The van der Waals surface area contributed by atoms with Gasteiger partial charge in [-0.05, 0) is 58.7 Å². The Balaban J connectivity index is 2.84. The highest BCUT2D eigenvalue weighted by atomic mass is 16.5. The van der Waals surface area contributed by atoms with Crippen LogP contribution in [0.4, 0.5) is 0 Å². The first-order valence-electron chi connectivity index (χ1n) is 7.02. The first-order chi connectivity index (χ1) is 9.24. The van der Waals surface area contributed by atoms with Crippen molar-refractivity contribution in [2.75, 3.05) is 6.54 Å². The van der Waals surface area contributed by atoms with Gasteiger partial charge in [-0.1, -0.05) is 18.2 Å². The van der Waals surface area contributed by atoms with E-state index in [-0.39, 0.29) is 11.4 Å². The molecule has 1 atom stereocenters. The lowest BCUT2D eigenvalue weighted by Gasteiger charge is -2.24. The molecule has 4 nitrogen and oxygen atoms in total. The van der Waals surface area contributed by atoms with Gasteiger partial charge in [0.15, 0.2) is 6.10 Å². The largest absolute Gasteiger partial charge is 0.480 e. The average Bonchev–Trinajstić information content (AvgIpc) is 2.31. The molecule has 20 heavy (non-hydrogen) atoms. The molecule has 0 aliphatic carbocycles. The van der Waals surface area contributed by atoms with Crippen molar-refractivity contribution >= 4 is 5.91 Å². The van der Waals surface area contributed by atoms with Gasteiger partial charge < -0.3 is 15.8 Å². The van der Waals surface area contributed by atoms with Crippen LogP contribution in [0.2, 0.25) is 0 Å². The highest BCUT2D eigenvalue weighted by molar-refractivity contribution is 5.81. The molecule has 0 radical (unpaired) electrons. The predicted octanol–water partition coefficient (Wildman–Crippen LogP) is 2.18. The van der Waals surface area contributed by atoms with Gasteiger partial charge in [0, 0.05) is 5.54 Å². The average molecular weight is 278 g/mol. The second-order valence-electron chi connectivity index (χ2n) is 6.10.